The van der Waals surface area contributed by atoms with Crippen molar-refractivity contribution >= 4 is 11.9 Å². The van der Waals surface area contributed by atoms with Crippen molar-refractivity contribution in [1.82, 2.24) is 20.3 Å². The van der Waals surface area contributed by atoms with E-state index in [9.17, 15) is 9.59 Å². The molecule has 106 valence electrons. The summed E-state index contributed by atoms with van der Waals surface area (Å²) in [6.45, 7) is 0. The summed E-state index contributed by atoms with van der Waals surface area (Å²) in [5, 5.41) is 19.2. The highest BCUT2D eigenvalue weighted by atomic mass is 16.4. The Labute approximate surface area is 120 Å². The number of carboxylic acid groups (broad SMARTS) is 1. The second-order valence-electron chi connectivity index (χ2n) is 4.13. The fourth-order valence-corrected chi connectivity index (χ4v) is 1.60. The summed E-state index contributed by atoms with van der Waals surface area (Å²) in [6, 6.07) is 7.87. The first-order valence-electron chi connectivity index (χ1n) is 6.06. The molecule has 0 aliphatic rings. The van der Waals surface area contributed by atoms with Crippen LogP contribution in [0.5, 0.6) is 0 Å². The van der Waals surface area contributed by atoms with Gasteiger partial charge >= 0.3 is 5.97 Å². The Balaban J connectivity index is 2.12. The molecule has 0 saturated heterocycles. The van der Waals surface area contributed by atoms with Gasteiger partial charge in [0.05, 0.1) is 11.9 Å². The van der Waals surface area contributed by atoms with Crippen LogP contribution in [-0.2, 0) is 4.79 Å². The number of carbonyl (C=O) groups excluding carboxylic acids is 1. The van der Waals surface area contributed by atoms with Crippen LogP contribution in [0.2, 0.25) is 0 Å². The van der Waals surface area contributed by atoms with E-state index in [0.29, 0.717) is 5.69 Å². The van der Waals surface area contributed by atoms with Gasteiger partial charge in [0, 0.05) is 6.42 Å². The van der Waals surface area contributed by atoms with Gasteiger partial charge in [0.15, 0.2) is 5.69 Å². The molecule has 1 atom stereocenters. The molecule has 1 aromatic heterocycles. The van der Waals surface area contributed by atoms with E-state index in [2.05, 4.69) is 21.4 Å². The van der Waals surface area contributed by atoms with Gasteiger partial charge in [-0.1, -0.05) is 18.2 Å². The number of hydrogen-bond acceptors (Lipinski definition) is 4. The average Bonchev–Trinajstić information content (AvgIpc) is 2.97. The van der Waals surface area contributed by atoms with Gasteiger partial charge in [0.1, 0.15) is 6.04 Å². The van der Waals surface area contributed by atoms with Crippen molar-refractivity contribution in [3.63, 3.8) is 0 Å². The molecule has 0 bridgehead atoms. The van der Waals surface area contributed by atoms with Crippen molar-refractivity contribution in [3.05, 3.63) is 42.2 Å². The highest BCUT2D eigenvalue weighted by molar-refractivity contribution is 5.94. The van der Waals surface area contributed by atoms with Gasteiger partial charge in [0.2, 0.25) is 0 Å². The van der Waals surface area contributed by atoms with E-state index in [1.54, 1.807) is 12.1 Å². The summed E-state index contributed by atoms with van der Waals surface area (Å²) in [5.74, 6) is 0.364. The normalized spacial score (nSPS) is 11.4. The minimum absolute atomic E-state index is 0.0159. The smallest absolute Gasteiger partial charge is 0.327 e. The molecule has 2 N–H and O–H groups in total. The van der Waals surface area contributed by atoms with Crippen LogP contribution in [0, 0.1) is 12.3 Å². The maximum absolute atomic E-state index is 11.9. The number of amides is 1. The fraction of sp³-hybridized carbons (Fsp3) is 0.143. The van der Waals surface area contributed by atoms with Gasteiger partial charge in [-0.05, 0) is 12.1 Å². The number of rotatable bonds is 5. The number of para-hydroxylation sites is 1. The molecule has 0 radical (unpaired) electrons. The minimum atomic E-state index is -1.20. The summed E-state index contributed by atoms with van der Waals surface area (Å²) < 4.78 is 0. The molecule has 7 nitrogen and oxygen atoms in total. The first-order chi connectivity index (χ1) is 10.1. The summed E-state index contributed by atoms with van der Waals surface area (Å²) in [4.78, 5) is 24.1. The molecular formula is C14H12N4O3. The molecule has 7 heteroatoms. The van der Waals surface area contributed by atoms with Crippen LogP contribution >= 0.6 is 0 Å². The molecule has 0 spiro atoms. The molecule has 2 rings (SSSR count). The number of nitrogens with zero attached hydrogens (tertiary/aromatic N) is 3. The maximum atomic E-state index is 11.9. The predicted octanol–water partition coefficient (Wildman–Crippen LogP) is 0.474. The Morgan fingerprint density at radius 2 is 2.10 bits per heavy atom. The number of carboxylic acids is 1. The van der Waals surface area contributed by atoms with Gasteiger partial charge in [-0.3, -0.25) is 4.79 Å². The molecule has 21 heavy (non-hydrogen) atoms. The van der Waals surface area contributed by atoms with Crippen molar-refractivity contribution in [1.29, 1.82) is 0 Å². The lowest BCUT2D eigenvalue weighted by molar-refractivity contribution is -0.139. The zero-order valence-corrected chi connectivity index (χ0v) is 10.9. The molecule has 0 fully saturated rings. The molecule has 1 unspecified atom stereocenters. The van der Waals surface area contributed by atoms with Crippen molar-refractivity contribution in [2.45, 2.75) is 12.5 Å². The van der Waals surface area contributed by atoms with E-state index < -0.39 is 17.9 Å². The topological polar surface area (TPSA) is 97.1 Å². The third-order valence-corrected chi connectivity index (χ3v) is 2.64. The SMILES string of the molecule is C#CCC(NC(=O)c1cnn(-c2ccccc2)n1)C(=O)O. The number of aromatic nitrogens is 3. The van der Waals surface area contributed by atoms with Crippen LogP contribution in [0.15, 0.2) is 36.5 Å². The fourth-order valence-electron chi connectivity index (χ4n) is 1.60. The second-order valence-corrected chi connectivity index (χ2v) is 4.13. The summed E-state index contributed by atoms with van der Waals surface area (Å²) in [7, 11) is 0. The molecule has 2 aromatic rings. The van der Waals surface area contributed by atoms with Crippen LogP contribution in [0.3, 0.4) is 0 Å². The first-order valence-corrected chi connectivity index (χ1v) is 6.06. The number of benzene rings is 1. The maximum Gasteiger partial charge on any atom is 0.327 e. The van der Waals surface area contributed by atoms with Crippen LogP contribution < -0.4 is 5.32 Å². The monoisotopic (exact) mass is 284 g/mol. The summed E-state index contributed by atoms with van der Waals surface area (Å²) >= 11 is 0. The highest BCUT2D eigenvalue weighted by Crippen LogP contribution is 2.04. The minimum Gasteiger partial charge on any atom is -0.480 e. The van der Waals surface area contributed by atoms with Crippen molar-refractivity contribution in [2.75, 3.05) is 0 Å². The quantitative estimate of drug-likeness (QED) is 0.778. The number of aliphatic carboxylic acids is 1. The number of nitrogens with one attached hydrogen (secondary N) is 1. The van der Waals surface area contributed by atoms with Crippen molar-refractivity contribution in [3.8, 4) is 18.0 Å². The molecule has 0 aliphatic carbocycles. The third kappa shape index (κ3) is 3.45. The second kappa shape index (κ2) is 6.34. The van der Waals surface area contributed by atoms with E-state index >= 15 is 0 Å². The first kappa shape index (κ1) is 14.3. The van der Waals surface area contributed by atoms with Crippen LogP contribution in [0.4, 0.5) is 0 Å². The van der Waals surface area contributed by atoms with Crippen LogP contribution in [-0.4, -0.2) is 38.0 Å². The average molecular weight is 284 g/mol. The van der Waals surface area contributed by atoms with Gasteiger partial charge in [-0.2, -0.15) is 9.90 Å². The standard InChI is InChI=1S/C14H12N4O3/c1-2-6-11(14(20)21)16-13(19)12-9-15-18(17-12)10-7-4-3-5-8-10/h1,3-5,7-9,11H,6H2,(H,16,19)(H,20,21). The van der Waals surface area contributed by atoms with E-state index in [4.69, 9.17) is 11.5 Å². The molecular weight excluding hydrogens is 272 g/mol. The zero-order chi connectivity index (χ0) is 15.2. The van der Waals surface area contributed by atoms with Crippen LogP contribution in [0.25, 0.3) is 5.69 Å². The predicted molar refractivity (Wildman–Crippen MR) is 73.7 cm³/mol. The Morgan fingerprint density at radius 3 is 2.71 bits per heavy atom. The zero-order valence-electron chi connectivity index (χ0n) is 10.9. The van der Waals surface area contributed by atoms with E-state index in [1.165, 1.54) is 11.0 Å². The van der Waals surface area contributed by atoms with Crippen LogP contribution in [0.1, 0.15) is 16.9 Å². The molecule has 1 aromatic carbocycles. The van der Waals surface area contributed by atoms with Crippen molar-refractivity contribution in [2.24, 2.45) is 0 Å². The van der Waals surface area contributed by atoms with E-state index in [1.807, 2.05) is 18.2 Å². The Morgan fingerprint density at radius 1 is 1.38 bits per heavy atom. The Kier molecular flexibility index (Phi) is 4.31. The lowest BCUT2D eigenvalue weighted by Crippen LogP contribution is -2.40. The summed E-state index contributed by atoms with van der Waals surface area (Å²) in [6.07, 6.45) is 6.22. The lowest BCUT2D eigenvalue weighted by atomic mass is 10.2. The Hall–Kier alpha value is -3.14. The molecule has 0 aliphatic heterocycles. The number of carbonyl (C=O) groups is 2. The summed E-state index contributed by atoms with van der Waals surface area (Å²) in [5.41, 5.74) is 0.706. The largest absolute Gasteiger partial charge is 0.480 e. The third-order valence-electron chi connectivity index (χ3n) is 2.64. The lowest BCUT2D eigenvalue weighted by Gasteiger charge is -2.09. The van der Waals surface area contributed by atoms with Gasteiger partial charge in [-0.25, -0.2) is 4.79 Å². The molecule has 1 heterocycles. The van der Waals surface area contributed by atoms with Gasteiger partial charge < -0.3 is 10.4 Å². The van der Waals surface area contributed by atoms with Gasteiger partial charge in [-0.15, -0.1) is 17.4 Å². The van der Waals surface area contributed by atoms with E-state index in [0.717, 1.165) is 0 Å². The Bertz CT molecular complexity index is 688. The van der Waals surface area contributed by atoms with Gasteiger partial charge in [0.25, 0.3) is 5.91 Å². The number of hydrogen-bond donors (Lipinski definition) is 2. The number of terminal acetylenes is 1. The molecule has 1 amide bonds. The van der Waals surface area contributed by atoms with Crippen molar-refractivity contribution < 1.29 is 14.7 Å². The van der Waals surface area contributed by atoms with E-state index in [-0.39, 0.29) is 12.1 Å². The highest BCUT2D eigenvalue weighted by Gasteiger charge is 2.21. The molecule has 0 saturated carbocycles.